The zero-order valence-electron chi connectivity index (χ0n) is 19.6. The van der Waals surface area contributed by atoms with Crippen molar-refractivity contribution in [2.24, 2.45) is 0 Å². The molecule has 0 aliphatic carbocycles. The number of anilines is 2. The van der Waals surface area contributed by atoms with E-state index in [2.05, 4.69) is 32.1 Å². The van der Waals surface area contributed by atoms with Gasteiger partial charge in [-0.3, -0.25) is 14.7 Å². The molecule has 0 saturated carbocycles. The van der Waals surface area contributed by atoms with Gasteiger partial charge in [0.15, 0.2) is 18.2 Å². The molecule has 4 aliphatic heterocycles. The molecule has 3 N–H and O–H groups in total. The van der Waals surface area contributed by atoms with Crippen molar-refractivity contribution >= 4 is 35.1 Å². The molecule has 188 valence electrons. The summed E-state index contributed by atoms with van der Waals surface area (Å²) in [5.41, 5.74) is 1.59. The van der Waals surface area contributed by atoms with Gasteiger partial charge in [-0.1, -0.05) is 18.2 Å². The van der Waals surface area contributed by atoms with Gasteiger partial charge in [0.25, 0.3) is 5.91 Å². The highest BCUT2D eigenvalue weighted by Crippen LogP contribution is 2.46. The number of rotatable bonds is 5. The summed E-state index contributed by atoms with van der Waals surface area (Å²) in [6.07, 6.45) is 6.55. The van der Waals surface area contributed by atoms with Crippen molar-refractivity contribution in [3.05, 3.63) is 58.4 Å². The number of pyridine rings is 2. The number of allylic oxidation sites excluding steroid dienone is 1. The minimum absolute atomic E-state index is 0.0454. The minimum Gasteiger partial charge on any atom is -0.480 e. The van der Waals surface area contributed by atoms with Crippen molar-refractivity contribution in [2.45, 2.75) is 31.0 Å². The van der Waals surface area contributed by atoms with Gasteiger partial charge < -0.3 is 25.4 Å². The molecular weight excluding hydrogens is 487 g/mol. The van der Waals surface area contributed by atoms with E-state index < -0.39 is 11.4 Å². The molecule has 2 aromatic heterocycles. The molecule has 0 bridgehead atoms. The Kier molecular flexibility index (Phi) is 5.71. The molecule has 1 unspecified atom stereocenters. The number of hydrogen-bond donors (Lipinski definition) is 3. The van der Waals surface area contributed by atoms with Gasteiger partial charge in [0.1, 0.15) is 11.4 Å². The molecule has 1 saturated heterocycles. The Labute approximate surface area is 212 Å². The molecular formula is C25H26ClFN6O3. The monoisotopic (exact) mass is 512 g/mol. The number of ether oxygens (including phenoxy) is 1. The molecule has 1 fully saturated rings. The summed E-state index contributed by atoms with van der Waals surface area (Å²) in [5, 5.41) is 18.3. The fraction of sp³-hybridized carbons (Fsp3) is 0.400. The third-order valence-electron chi connectivity index (χ3n) is 7.23. The molecule has 11 heteroatoms. The Hall–Kier alpha value is -3.05. The van der Waals surface area contributed by atoms with Crippen molar-refractivity contribution in [1.29, 1.82) is 0 Å². The number of carbonyl (C=O) groups excluding carboxylic acids is 1. The van der Waals surface area contributed by atoms with E-state index in [1.54, 1.807) is 6.07 Å². The first-order chi connectivity index (χ1) is 17.3. The fourth-order valence-electron chi connectivity index (χ4n) is 5.44. The zero-order chi connectivity index (χ0) is 25.0. The summed E-state index contributed by atoms with van der Waals surface area (Å²) in [6.45, 7) is 6.54. The van der Waals surface area contributed by atoms with Crippen LogP contribution in [-0.2, 0) is 16.9 Å². The largest absolute Gasteiger partial charge is 0.480 e. The lowest BCUT2D eigenvalue weighted by Crippen LogP contribution is -2.49. The number of aliphatic hydroxyl groups is 1. The van der Waals surface area contributed by atoms with Crippen LogP contribution in [0.2, 0.25) is 5.02 Å². The number of nitrogens with zero attached hydrogens (tertiary/aromatic N) is 4. The molecule has 0 aromatic carbocycles. The highest BCUT2D eigenvalue weighted by Gasteiger charge is 2.47. The summed E-state index contributed by atoms with van der Waals surface area (Å²) in [7, 11) is 0. The highest BCUT2D eigenvalue weighted by atomic mass is 35.5. The molecule has 6 heterocycles. The third-order valence-corrected chi connectivity index (χ3v) is 7.56. The van der Waals surface area contributed by atoms with E-state index in [4.69, 9.17) is 16.3 Å². The lowest BCUT2D eigenvalue weighted by atomic mass is 9.93. The van der Waals surface area contributed by atoms with Gasteiger partial charge in [0.2, 0.25) is 0 Å². The first-order valence-corrected chi connectivity index (χ1v) is 12.3. The van der Waals surface area contributed by atoms with E-state index >= 15 is 0 Å². The van der Waals surface area contributed by atoms with Crippen molar-refractivity contribution in [3.8, 4) is 5.75 Å². The smallest absolute Gasteiger partial charge is 0.263 e. The molecule has 2 aromatic rings. The van der Waals surface area contributed by atoms with Crippen LogP contribution in [0.25, 0.3) is 6.08 Å². The molecule has 1 amide bonds. The van der Waals surface area contributed by atoms with Gasteiger partial charge in [0, 0.05) is 36.5 Å². The molecule has 36 heavy (non-hydrogen) atoms. The number of likely N-dealkylation sites (tertiary alicyclic amines) is 1. The maximum atomic E-state index is 14.9. The van der Waals surface area contributed by atoms with Gasteiger partial charge in [-0.2, -0.15) is 0 Å². The predicted molar refractivity (Wildman–Crippen MR) is 133 cm³/mol. The average molecular weight is 513 g/mol. The average Bonchev–Trinajstić information content (AvgIpc) is 3.17. The summed E-state index contributed by atoms with van der Waals surface area (Å²) in [6, 6.07) is 1.91. The zero-order valence-corrected chi connectivity index (χ0v) is 20.3. The summed E-state index contributed by atoms with van der Waals surface area (Å²) in [5.74, 6) is 0.117. The van der Waals surface area contributed by atoms with Crippen LogP contribution < -0.4 is 20.3 Å². The summed E-state index contributed by atoms with van der Waals surface area (Å²) < 4.78 is 20.2. The standard InChI is InChI=1S/C25H26ClFN6O3/c1-14-2-3-18-23-22(17(27)9-29-18)25(35,13-33(14)23)12-32-6-4-15(5-7-32)28-10-19-16(26)8-20-24(30-19)31-21(34)11-36-20/h2-3,8-9,15,28,35H,1,4-7,10-13H2,(H,30,31,34). The van der Waals surface area contributed by atoms with Crippen molar-refractivity contribution < 1.29 is 19.0 Å². The van der Waals surface area contributed by atoms with Crippen LogP contribution in [0.1, 0.15) is 29.8 Å². The van der Waals surface area contributed by atoms with E-state index in [9.17, 15) is 14.3 Å². The summed E-state index contributed by atoms with van der Waals surface area (Å²) >= 11 is 6.37. The molecule has 4 aliphatic rings. The number of hydrogen-bond acceptors (Lipinski definition) is 8. The van der Waals surface area contributed by atoms with Crippen LogP contribution in [-0.4, -0.2) is 64.7 Å². The van der Waals surface area contributed by atoms with Gasteiger partial charge >= 0.3 is 0 Å². The molecule has 0 spiro atoms. The quantitative estimate of drug-likeness (QED) is 0.561. The third kappa shape index (κ3) is 4.03. The molecule has 1 atom stereocenters. The van der Waals surface area contributed by atoms with E-state index in [-0.39, 0.29) is 25.1 Å². The Morgan fingerprint density at radius 2 is 2.17 bits per heavy atom. The van der Waals surface area contributed by atoms with Gasteiger partial charge in [-0.25, -0.2) is 9.37 Å². The van der Waals surface area contributed by atoms with Gasteiger partial charge in [-0.15, -0.1) is 0 Å². The number of carbonyl (C=O) groups is 1. The predicted octanol–water partition coefficient (Wildman–Crippen LogP) is 2.40. The first-order valence-electron chi connectivity index (χ1n) is 11.9. The van der Waals surface area contributed by atoms with Crippen LogP contribution in [0.4, 0.5) is 15.9 Å². The second-order valence-electron chi connectivity index (χ2n) is 9.69. The lowest BCUT2D eigenvalue weighted by Gasteiger charge is -2.37. The number of halogens is 2. The number of piperidine rings is 1. The number of fused-ring (bicyclic) bond motifs is 1. The highest BCUT2D eigenvalue weighted by molar-refractivity contribution is 6.31. The maximum absolute atomic E-state index is 14.9. The number of aromatic nitrogens is 2. The number of nitrogens with one attached hydrogen (secondary N) is 2. The number of amides is 1. The summed E-state index contributed by atoms with van der Waals surface area (Å²) in [4.78, 5) is 24.3. The van der Waals surface area contributed by atoms with Gasteiger partial charge in [-0.05, 0) is 38.1 Å². The van der Waals surface area contributed by atoms with Crippen molar-refractivity contribution in [1.82, 2.24) is 20.2 Å². The van der Waals surface area contributed by atoms with Crippen LogP contribution >= 0.6 is 11.6 Å². The van der Waals surface area contributed by atoms with Crippen molar-refractivity contribution in [3.63, 3.8) is 0 Å². The molecule has 6 rings (SSSR count). The second kappa shape index (κ2) is 8.81. The van der Waals surface area contributed by atoms with Crippen LogP contribution in [0, 0.1) is 5.82 Å². The Morgan fingerprint density at radius 1 is 1.36 bits per heavy atom. The van der Waals surface area contributed by atoms with Crippen LogP contribution in [0.3, 0.4) is 0 Å². The second-order valence-corrected chi connectivity index (χ2v) is 10.1. The lowest BCUT2D eigenvalue weighted by molar-refractivity contribution is -0.118. The minimum atomic E-state index is -1.35. The molecule has 0 radical (unpaired) electrons. The maximum Gasteiger partial charge on any atom is 0.263 e. The Balaban J connectivity index is 1.08. The fourth-order valence-corrected chi connectivity index (χ4v) is 5.65. The normalized spacial score (nSPS) is 23.4. The van der Waals surface area contributed by atoms with E-state index in [1.807, 2.05) is 17.1 Å². The van der Waals surface area contributed by atoms with Crippen LogP contribution in [0.15, 0.2) is 30.6 Å². The Bertz CT molecular complexity index is 1300. The van der Waals surface area contributed by atoms with Crippen molar-refractivity contribution in [2.75, 3.05) is 43.0 Å². The van der Waals surface area contributed by atoms with E-state index in [1.165, 1.54) is 6.20 Å². The first kappa shape index (κ1) is 23.4. The topological polar surface area (TPSA) is 103 Å². The van der Waals surface area contributed by atoms with E-state index in [0.29, 0.717) is 52.3 Å². The van der Waals surface area contributed by atoms with E-state index in [0.717, 1.165) is 31.6 Å². The van der Waals surface area contributed by atoms with Crippen LogP contribution in [0.5, 0.6) is 5.75 Å². The Morgan fingerprint density at radius 3 is 2.97 bits per heavy atom. The van der Waals surface area contributed by atoms with Gasteiger partial charge in [0.05, 0.1) is 34.8 Å². The number of β-amino-alcohol motifs (C(OH)–C–C–N with tert-alkyl or cyclic N) is 1. The molecule has 9 nitrogen and oxygen atoms in total. The SMILES string of the molecule is C=C1C=Cc2ncc(F)c3c2N1CC3(O)CN1CCC(NCc2nc3c(cc2Cl)OCC(=O)N3)CC1.